The number of aromatic nitrogens is 3. The highest BCUT2D eigenvalue weighted by Gasteiger charge is 2.08. The summed E-state index contributed by atoms with van der Waals surface area (Å²) in [5.74, 6) is -1.13. The zero-order chi connectivity index (χ0) is 12.4. The lowest BCUT2D eigenvalue weighted by Gasteiger charge is -2.02. The fraction of sp³-hybridized carbons (Fsp3) is 0.111. The summed E-state index contributed by atoms with van der Waals surface area (Å²) in [4.78, 5) is 33.3. The summed E-state index contributed by atoms with van der Waals surface area (Å²) in [5, 5.41) is 8.27. The Labute approximate surface area is 94.4 Å². The number of rotatable bonds is 3. The monoisotopic (exact) mass is 235 g/mol. The molecule has 8 nitrogen and oxygen atoms in total. The standard InChI is InChI=1S/C9H9N5O3/c10-6(15)3-11-8(16)5-1-2-7-12-13-9(17)14(7)4-5/h1-2,4H,3H2,(H2,10,15)(H,11,16)(H,13,17). The molecule has 0 unspecified atom stereocenters. The van der Waals surface area contributed by atoms with Gasteiger partial charge in [-0.05, 0) is 12.1 Å². The van der Waals surface area contributed by atoms with Crippen LogP contribution in [0.2, 0.25) is 0 Å². The molecular weight excluding hydrogens is 226 g/mol. The van der Waals surface area contributed by atoms with E-state index in [1.165, 1.54) is 22.7 Å². The lowest BCUT2D eigenvalue weighted by atomic mass is 10.2. The summed E-state index contributed by atoms with van der Waals surface area (Å²) in [7, 11) is 0. The number of fused-ring (bicyclic) bond motifs is 1. The first-order chi connectivity index (χ1) is 8.08. The molecule has 4 N–H and O–H groups in total. The Kier molecular flexibility index (Phi) is 2.61. The molecule has 0 radical (unpaired) electrons. The number of hydrogen-bond donors (Lipinski definition) is 3. The molecule has 0 saturated carbocycles. The zero-order valence-corrected chi connectivity index (χ0v) is 8.64. The van der Waals surface area contributed by atoms with Gasteiger partial charge in [0.15, 0.2) is 5.65 Å². The molecule has 0 saturated heterocycles. The number of hydrogen-bond acceptors (Lipinski definition) is 4. The Hall–Kier alpha value is -2.64. The van der Waals surface area contributed by atoms with Gasteiger partial charge in [-0.3, -0.25) is 9.59 Å². The molecular formula is C9H9N5O3. The Morgan fingerprint density at radius 3 is 2.94 bits per heavy atom. The van der Waals surface area contributed by atoms with Crippen LogP contribution in [0.1, 0.15) is 10.4 Å². The molecule has 2 heterocycles. The first-order valence-electron chi connectivity index (χ1n) is 4.71. The van der Waals surface area contributed by atoms with Crippen LogP contribution >= 0.6 is 0 Å². The van der Waals surface area contributed by atoms with Gasteiger partial charge in [-0.2, -0.15) is 5.10 Å². The highest BCUT2D eigenvalue weighted by Crippen LogP contribution is 2.01. The van der Waals surface area contributed by atoms with Gasteiger partial charge in [0.2, 0.25) is 5.91 Å². The van der Waals surface area contributed by atoms with Gasteiger partial charge >= 0.3 is 5.69 Å². The van der Waals surface area contributed by atoms with E-state index in [0.717, 1.165) is 0 Å². The van der Waals surface area contributed by atoms with Crippen molar-refractivity contribution in [2.45, 2.75) is 0 Å². The van der Waals surface area contributed by atoms with Crippen molar-refractivity contribution in [3.63, 3.8) is 0 Å². The second-order valence-corrected chi connectivity index (χ2v) is 3.32. The Bertz CT molecular complexity index is 641. The van der Waals surface area contributed by atoms with Crippen molar-refractivity contribution < 1.29 is 9.59 Å². The van der Waals surface area contributed by atoms with Crippen LogP contribution in [-0.2, 0) is 4.79 Å². The lowest BCUT2D eigenvalue weighted by Crippen LogP contribution is -2.33. The molecule has 0 aromatic carbocycles. The number of carbonyl (C=O) groups is 2. The Morgan fingerprint density at radius 2 is 2.24 bits per heavy atom. The molecule has 0 spiro atoms. The van der Waals surface area contributed by atoms with E-state index in [1.54, 1.807) is 0 Å². The minimum atomic E-state index is -0.639. The number of primary amides is 1. The summed E-state index contributed by atoms with van der Waals surface area (Å²) < 4.78 is 1.19. The number of nitrogens with one attached hydrogen (secondary N) is 2. The number of amides is 2. The third kappa shape index (κ3) is 2.14. The van der Waals surface area contributed by atoms with E-state index in [1.807, 2.05) is 0 Å². The van der Waals surface area contributed by atoms with E-state index in [0.29, 0.717) is 5.65 Å². The summed E-state index contributed by atoms with van der Waals surface area (Å²) in [6.07, 6.45) is 1.33. The lowest BCUT2D eigenvalue weighted by molar-refractivity contribution is -0.117. The third-order valence-electron chi connectivity index (χ3n) is 2.10. The molecule has 0 aliphatic heterocycles. The molecule has 8 heteroatoms. The van der Waals surface area contributed by atoms with Crippen molar-refractivity contribution in [2.24, 2.45) is 5.73 Å². The van der Waals surface area contributed by atoms with E-state index in [9.17, 15) is 14.4 Å². The quantitative estimate of drug-likeness (QED) is 0.583. The van der Waals surface area contributed by atoms with Crippen LogP contribution in [0, 0.1) is 0 Å². The highest BCUT2D eigenvalue weighted by molar-refractivity contribution is 5.96. The Balaban J connectivity index is 2.29. The van der Waals surface area contributed by atoms with Crippen molar-refractivity contribution in [1.29, 1.82) is 0 Å². The average molecular weight is 235 g/mol. The van der Waals surface area contributed by atoms with Gasteiger partial charge in [-0.15, -0.1) is 0 Å². The van der Waals surface area contributed by atoms with Gasteiger partial charge in [-0.25, -0.2) is 14.3 Å². The Morgan fingerprint density at radius 1 is 1.47 bits per heavy atom. The number of pyridine rings is 1. The maximum Gasteiger partial charge on any atom is 0.347 e. The predicted molar refractivity (Wildman–Crippen MR) is 57.3 cm³/mol. The normalized spacial score (nSPS) is 10.4. The second-order valence-electron chi connectivity index (χ2n) is 3.32. The summed E-state index contributed by atoms with van der Waals surface area (Å²) >= 11 is 0. The van der Waals surface area contributed by atoms with Crippen molar-refractivity contribution in [3.8, 4) is 0 Å². The fourth-order valence-corrected chi connectivity index (χ4v) is 1.31. The largest absolute Gasteiger partial charge is 0.368 e. The van der Waals surface area contributed by atoms with E-state index >= 15 is 0 Å². The number of aromatic amines is 1. The average Bonchev–Trinajstić information content (AvgIpc) is 2.67. The van der Waals surface area contributed by atoms with Crippen LogP contribution in [0.5, 0.6) is 0 Å². The van der Waals surface area contributed by atoms with Crippen LogP contribution < -0.4 is 16.7 Å². The molecule has 0 bridgehead atoms. The van der Waals surface area contributed by atoms with E-state index in [-0.39, 0.29) is 12.1 Å². The van der Waals surface area contributed by atoms with Gasteiger partial charge in [0.25, 0.3) is 5.91 Å². The topological polar surface area (TPSA) is 122 Å². The van der Waals surface area contributed by atoms with Crippen molar-refractivity contribution in [2.75, 3.05) is 6.54 Å². The van der Waals surface area contributed by atoms with Gasteiger partial charge < -0.3 is 11.1 Å². The molecule has 17 heavy (non-hydrogen) atoms. The summed E-state index contributed by atoms with van der Waals surface area (Å²) in [6, 6.07) is 3.00. The van der Waals surface area contributed by atoms with Crippen molar-refractivity contribution >= 4 is 17.5 Å². The van der Waals surface area contributed by atoms with Gasteiger partial charge in [0, 0.05) is 6.20 Å². The zero-order valence-electron chi connectivity index (χ0n) is 8.64. The highest BCUT2D eigenvalue weighted by atomic mass is 16.2. The molecule has 2 aromatic heterocycles. The maximum atomic E-state index is 11.6. The summed E-state index contributed by atoms with van der Waals surface area (Å²) in [6.45, 7) is -0.253. The van der Waals surface area contributed by atoms with Crippen LogP contribution in [0.25, 0.3) is 5.65 Å². The van der Waals surface area contributed by atoms with Crippen LogP contribution in [0.3, 0.4) is 0 Å². The SMILES string of the molecule is NC(=O)CNC(=O)c1ccc2n[nH]c(=O)n2c1. The van der Waals surface area contributed by atoms with E-state index < -0.39 is 17.5 Å². The molecule has 2 amide bonds. The molecule has 2 rings (SSSR count). The minimum Gasteiger partial charge on any atom is -0.368 e. The van der Waals surface area contributed by atoms with Crippen LogP contribution in [-0.4, -0.2) is 33.0 Å². The van der Waals surface area contributed by atoms with Gasteiger partial charge in [0.05, 0.1) is 12.1 Å². The smallest absolute Gasteiger partial charge is 0.347 e. The van der Waals surface area contributed by atoms with Gasteiger partial charge in [0.1, 0.15) is 0 Å². The number of carbonyl (C=O) groups excluding carboxylic acids is 2. The van der Waals surface area contributed by atoms with Crippen molar-refractivity contribution in [1.82, 2.24) is 19.9 Å². The molecule has 0 atom stereocenters. The molecule has 2 aromatic rings. The van der Waals surface area contributed by atoms with Gasteiger partial charge in [-0.1, -0.05) is 0 Å². The van der Waals surface area contributed by atoms with Crippen LogP contribution in [0.4, 0.5) is 0 Å². The molecule has 88 valence electrons. The molecule has 0 fully saturated rings. The van der Waals surface area contributed by atoms with E-state index in [4.69, 9.17) is 5.73 Å². The fourth-order valence-electron chi connectivity index (χ4n) is 1.31. The molecule has 0 aliphatic rings. The van der Waals surface area contributed by atoms with E-state index in [2.05, 4.69) is 15.5 Å². The minimum absolute atomic E-state index is 0.238. The van der Waals surface area contributed by atoms with Crippen molar-refractivity contribution in [3.05, 3.63) is 34.4 Å². The number of nitrogens with zero attached hydrogens (tertiary/aromatic N) is 2. The molecule has 0 aliphatic carbocycles. The number of H-pyrrole nitrogens is 1. The summed E-state index contributed by atoms with van der Waals surface area (Å²) in [5.41, 5.74) is 5.10. The third-order valence-corrected chi connectivity index (χ3v) is 2.10. The number of nitrogens with two attached hydrogens (primary N) is 1. The first kappa shape index (κ1) is 10.9. The van der Waals surface area contributed by atoms with Crippen LogP contribution in [0.15, 0.2) is 23.1 Å². The maximum absolute atomic E-state index is 11.6. The predicted octanol–water partition coefficient (Wildman–Crippen LogP) is -1.76. The second kappa shape index (κ2) is 4.08. The first-order valence-corrected chi connectivity index (χ1v) is 4.71.